The molecular weight excluding hydrogens is 380 g/mol. The van der Waals surface area contributed by atoms with E-state index in [4.69, 9.17) is 9.94 Å². The monoisotopic (exact) mass is 404 g/mol. The van der Waals surface area contributed by atoms with Crippen LogP contribution in [0.5, 0.6) is 11.5 Å². The smallest absolute Gasteiger partial charge is 0.244 e. The third-order valence-electron chi connectivity index (χ3n) is 5.19. The molecule has 2 N–H and O–H groups in total. The van der Waals surface area contributed by atoms with Gasteiger partial charge in [-0.15, -0.1) is 0 Å². The van der Waals surface area contributed by atoms with E-state index in [9.17, 15) is 13.2 Å². The molecule has 8 heteroatoms. The molecule has 1 aliphatic heterocycles. The van der Waals surface area contributed by atoms with Crippen LogP contribution in [0.15, 0.2) is 59.5 Å². The van der Waals surface area contributed by atoms with Crippen molar-refractivity contribution in [2.24, 2.45) is 0 Å². The fourth-order valence-electron chi connectivity index (χ4n) is 3.46. The van der Waals surface area contributed by atoms with Crippen molar-refractivity contribution in [2.75, 3.05) is 20.1 Å². The van der Waals surface area contributed by atoms with Gasteiger partial charge in [-0.25, -0.2) is 13.9 Å². The van der Waals surface area contributed by atoms with Gasteiger partial charge in [-0.3, -0.25) is 10.0 Å². The molecule has 2 aromatic carbocycles. The second-order valence-electron chi connectivity index (χ2n) is 7.09. The highest BCUT2D eigenvalue weighted by atomic mass is 32.2. The van der Waals surface area contributed by atoms with Crippen molar-refractivity contribution >= 4 is 15.7 Å². The molecule has 150 valence electrons. The van der Waals surface area contributed by atoms with Crippen molar-refractivity contribution in [2.45, 2.75) is 28.9 Å². The Labute approximate surface area is 164 Å². The van der Waals surface area contributed by atoms with Crippen LogP contribution in [0.3, 0.4) is 0 Å². The lowest BCUT2D eigenvalue weighted by Crippen LogP contribution is -2.50. The predicted octanol–water partition coefficient (Wildman–Crippen LogP) is 2.61. The van der Waals surface area contributed by atoms with E-state index in [2.05, 4.69) is 0 Å². The predicted molar refractivity (Wildman–Crippen MR) is 104 cm³/mol. The lowest BCUT2D eigenvalue weighted by molar-refractivity contribution is -0.130. The van der Waals surface area contributed by atoms with Gasteiger partial charge in [0.15, 0.2) is 9.84 Å². The fraction of sp³-hybridized carbons (Fsp3) is 0.350. The summed E-state index contributed by atoms with van der Waals surface area (Å²) in [5.74, 6) is 0.484. The molecule has 0 atom stereocenters. The van der Waals surface area contributed by atoms with Crippen LogP contribution in [0.1, 0.15) is 19.3 Å². The van der Waals surface area contributed by atoms with Crippen LogP contribution in [-0.4, -0.2) is 49.3 Å². The number of hydroxylamine groups is 1. The molecule has 3 rings (SSSR count). The summed E-state index contributed by atoms with van der Waals surface area (Å²) in [6.07, 6.45) is 0.366. The Morgan fingerprint density at radius 2 is 1.64 bits per heavy atom. The number of carbonyl (C=O) groups excluding carboxylic acids is 1. The van der Waals surface area contributed by atoms with E-state index >= 15 is 0 Å². The van der Waals surface area contributed by atoms with Crippen LogP contribution in [-0.2, 0) is 14.6 Å². The van der Waals surface area contributed by atoms with E-state index in [0.717, 1.165) is 0 Å². The largest absolute Gasteiger partial charge is 0.457 e. The molecular formula is C20H24N2O5S. The molecule has 0 unspecified atom stereocenters. The highest BCUT2D eigenvalue weighted by Crippen LogP contribution is 2.38. The first-order chi connectivity index (χ1) is 13.4. The number of rotatable bonds is 6. The number of hydrogen-bond donors (Lipinski definition) is 2. The number of piperidine rings is 1. The Morgan fingerprint density at radius 3 is 2.21 bits per heavy atom. The van der Waals surface area contributed by atoms with Crippen molar-refractivity contribution in [3.8, 4) is 11.5 Å². The quantitative estimate of drug-likeness (QED) is 0.568. The maximum Gasteiger partial charge on any atom is 0.244 e. The molecule has 7 nitrogen and oxygen atoms in total. The zero-order valence-electron chi connectivity index (χ0n) is 15.7. The number of ether oxygens (including phenoxy) is 1. The van der Waals surface area contributed by atoms with E-state index < -0.39 is 20.5 Å². The Bertz CT molecular complexity index is 905. The molecule has 0 radical (unpaired) electrons. The minimum Gasteiger partial charge on any atom is -0.457 e. The molecule has 0 spiro atoms. The number of nitrogens with one attached hydrogen (secondary N) is 1. The number of hydrogen-bond acceptors (Lipinski definition) is 6. The Balaban J connectivity index is 1.87. The van der Waals surface area contributed by atoms with Gasteiger partial charge in [0.05, 0.1) is 9.64 Å². The van der Waals surface area contributed by atoms with Crippen LogP contribution in [0.25, 0.3) is 0 Å². The zero-order valence-corrected chi connectivity index (χ0v) is 16.5. The van der Waals surface area contributed by atoms with Gasteiger partial charge in [-0.05, 0) is 69.4 Å². The standard InChI is InChI=1S/C20H24N2O5S/c1-22-13-11-20(12-14-22,15-19(23)21-24)28(25,26)18-9-7-17(8-10-18)27-16-5-3-2-4-6-16/h2-10,24H,11-15H2,1H3,(H,21,23). The van der Waals surface area contributed by atoms with Crippen molar-refractivity contribution in [1.29, 1.82) is 0 Å². The van der Waals surface area contributed by atoms with Gasteiger partial charge in [0.1, 0.15) is 11.5 Å². The highest BCUT2D eigenvalue weighted by Gasteiger charge is 2.47. The molecule has 28 heavy (non-hydrogen) atoms. The Morgan fingerprint density at radius 1 is 1.07 bits per heavy atom. The van der Waals surface area contributed by atoms with E-state index in [-0.39, 0.29) is 11.3 Å². The summed E-state index contributed by atoms with van der Waals surface area (Å²) in [5, 5.41) is 8.92. The van der Waals surface area contributed by atoms with Gasteiger partial charge in [-0.2, -0.15) is 0 Å². The van der Waals surface area contributed by atoms with Gasteiger partial charge in [0.25, 0.3) is 0 Å². The zero-order chi connectivity index (χ0) is 20.2. The lowest BCUT2D eigenvalue weighted by Gasteiger charge is -2.39. The fourth-order valence-corrected chi connectivity index (χ4v) is 5.50. The molecule has 1 aliphatic rings. The van der Waals surface area contributed by atoms with E-state index in [0.29, 0.717) is 37.4 Å². The van der Waals surface area contributed by atoms with Crippen LogP contribution < -0.4 is 10.2 Å². The average molecular weight is 404 g/mol. The number of carbonyl (C=O) groups is 1. The third kappa shape index (κ3) is 4.19. The highest BCUT2D eigenvalue weighted by molar-refractivity contribution is 7.92. The van der Waals surface area contributed by atoms with Crippen molar-refractivity contribution in [3.63, 3.8) is 0 Å². The van der Waals surface area contributed by atoms with E-state index in [1.54, 1.807) is 17.6 Å². The van der Waals surface area contributed by atoms with Crippen molar-refractivity contribution < 1.29 is 23.2 Å². The summed E-state index contributed by atoms with van der Waals surface area (Å²) < 4.78 is 31.3. The Hall–Kier alpha value is -2.42. The van der Waals surface area contributed by atoms with Gasteiger partial charge in [0, 0.05) is 6.42 Å². The molecule has 1 amide bonds. The van der Waals surface area contributed by atoms with Gasteiger partial charge in [-0.1, -0.05) is 18.2 Å². The number of nitrogens with zero attached hydrogens (tertiary/aromatic N) is 1. The molecule has 0 saturated carbocycles. The van der Waals surface area contributed by atoms with Crippen molar-refractivity contribution in [3.05, 3.63) is 54.6 Å². The summed E-state index contributed by atoms with van der Waals surface area (Å²) >= 11 is 0. The molecule has 0 bridgehead atoms. The number of likely N-dealkylation sites (tertiary alicyclic amines) is 1. The van der Waals surface area contributed by atoms with Crippen LogP contribution in [0, 0.1) is 0 Å². The maximum absolute atomic E-state index is 13.4. The molecule has 1 fully saturated rings. The van der Waals surface area contributed by atoms with E-state index in [1.807, 2.05) is 42.3 Å². The normalized spacial score (nSPS) is 17.1. The van der Waals surface area contributed by atoms with Crippen LogP contribution >= 0.6 is 0 Å². The summed E-state index contributed by atoms with van der Waals surface area (Å²) in [7, 11) is -1.88. The van der Waals surface area contributed by atoms with Gasteiger partial charge in [0.2, 0.25) is 5.91 Å². The Kier molecular flexibility index (Phi) is 6.02. The third-order valence-corrected chi connectivity index (χ3v) is 7.77. The van der Waals surface area contributed by atoms with Crippen LogP contribution in [0.2, 0.25) is 0 Å². The maximum atomic E-state index is 13.4. The second-order valence-corrected chi connectivity index (χ2v) is 9.43. The first-order valence-corrected chi connectivity index (χ1v) is 10.5. The number of sulfone groups is 1. The van der Waals surface area contributed by atoms with Crippen LogP contribution in [0.4, 0.5) is 0 Å². The summed E-state index contributed by atoms with van der Waals surface area (Å²) in [6.45, 7) is 1.13. The molecule has 0 aliphatic carbocycles. The summed E-state index contributed by atoms with van der Waals surface area (Å²) in [5.41, 5.74) is 1.57. The lowest BCUT2D eigenvalue weighted by atomic mass is 9.92. The van der Waals surface area contributed by atoms with E-state index in [1.165, 1.54) is 12.1 Å². The number of para-hydroxylation sites is 1. The average Bonchev–Trinajstić information content (AvgIpc) is 2.71. The molecule has 2 aromatic rings. The minimum atomic E-state index is -3.80. The van der Waals surface area contributed by atoms with Crippen molar-refractivity contribution in [1.82, 2.24) is 10.4 Å². The number of benzene rings is 2. The molecule has 0 aromatic heterocycles. The van der Waals surface area contributed by atoms with Gasteiger partial charge < -0.3 is 9.64 Å². The SMILES string of the molecule is CN1CCC(CC(=O)NO)(S(=O)(=O)c2ccc(Oc3ccccc3)cc2)CC1. The number of amides is 1. The molecule has 1 saturated heterocycles. The first kappa shape index (κ1) is 20.3. The summed E-state index contributed by atoms with van der Waals surface area (Å²) in [6, 6.07) is 15.4. The second kappa shape index (κ2) is 8.30. The topological polar surface area (TPSA) is 95.9 Å². The first-order valence-electron chi connectivity index (χ1n) is 9.05. The minimum absolute atomic E-state index is 0.142. The summed E-state index contributed by atoms with van der Waals surface area (Å²) in [4.78, 5) is 14.0. The van der Waals surface area contributed by atoms with Gasteiger partial charge >= 0.3 is 0 Å². The molecule has 1 heterocycles.